The third kappa shape index (κ3) is 2.05. The number of benzene rings is 2. The average Bonchev–Trinajstić information content (AvgIpc) is 2.40. The lowest BCUT2D eigenvalue weighted by Gasteiger charge is -2.23. The van der Waals surface area contributed by atoms with E-state index in [1.807, 2.05) is 0 Å². The molecule has 0 fully saturated rings. The molecule has 0 aliphatic heterocycles. The molecule has 4 heteroatoms. The zero-order valence-electron chi connectivity index (χ0n) is 9.95. The minimum absolute atomic E-state index is 0.110. The van der Waals surface area contributed by atoms with Crippen molar-refractivity contribution in [2.24, 2.45) is 0 Å². The summed E-state index contributed by atoms with van der Waals surface area (Å²) >= 11 is 0. The van der Waals surface area contributed by atoms with Gasteiger partial charge in [0.25, 0.3) is 0 Å². The summed E-state index contributed by atoms with van der Waals surface area (Å²) in [5.74, 6) is 0. The molecule has 18 heavy (non-hydrogen) atoms. The fourth-order valence-corrected chi connectivity index (χ4v) is 3.15. The van der Waals surface area contributed by atoms with Crippen molar-refractivity contribution in [3.8, 4) is 0 Å². The SMILES string of the molecule is CC(O)(c1ccccc1)S(=O)(=O)c1ccccc1. The van der Waals surface area contributed by atoms with Crippen LogP contribution in [0.15, 0.2) is 65.6 Å². The van der Waals surface area contributed by atoms with Crippen molar-refractivity contribution in [1.82, 2.24) is 0 Å². The van der Waals surface area contributed by atoms with Gasteiger partial charge in [-0.05, 0) is 24.6 Å². The third-order valence-electron chi connectivity index (χ3n) is 2.89. The van der Waals surface area contributed by atoms with Gasteiger partial charge in [0.1, 0.15) is 0 Å². The first kappa shape index (κ1) is 12.8. The molecule has 1 atom stereocenters. The Balaban J connectivity index is 2.55. The molecule has 0 spiro atoms. The van der Waals surface area contributed by atoms with E-state index in [0.717, 1.165) is 0 Å². The van der Waals surface area contributed by atoms with Crippen LogP contribution in [0.4, 0.5) is 0 Å². The lowest BCUT2D eigenvalue weighted by atomic mass is 10.1. The highest BCUT2D eigenvalue weighted by atomic mass is 32.2. The van der Waals surface area contributed by atoms with Gasteiger partial charge in [0.15, 0.2) is 4.93 Å². The molecular weight excluding hydrogens is 248 g/mol. The van der Waals surface area contributed by atoms with Crippen LogP contribution >= 0.6 is 0 Å². The zero-order chi connectivity index (χ0) is 13.2. The highest BCUT2D eigenvalue weighted by molar-refractivity contribution is 7.92. The minimum atomic E-state index is -3.84. The maximum Gasteiger partial charge on any atom is 0.211 e. The summed E-state index contributed by atoms with van der Waals surface area (Å²) in [5.41, 5.74) is 0.355. The van der Waals surface area contributed by atoms with Gasteiger partial charge in [-0.1, -0.05) is 48.5 Å². The Morgan fingerprint density at radius 2 is 1.33 bits per heavy atom. The highest BCUT2D eigenvalue weighted by Gasteiger charge is 2.39. The lowest BCUT2D eigenvalue weighted by Crippen LogP contribution is -2.32. The second-order valence-electron chi connectivity index (χ2n) is 4.17. The standard InChI is InChI=1S/C14H14O3S/c1-14(15,12-8-4-2-5-9-12)18(16,17)13-10-6-3-7-11-13/h2-11,15H,1H3. The van der Waals surface area contributed by atoms with Crippen molar-refractivity contribution in [3.63, 3.8) is 0 Å². The van der Waals surface area contributed by atoms with Gasteiger partial charge in [-0.25, -0.2) is 8.42 Å². The van der Waals surface area contributed by atoms with Gasteiger partial charge in [0.05, 0.1) is 4.90 Å². The van der Waals surface area contributed by atoms with E-state index in [2.05, 4.69) is 0 Å². The van der Waals surface area contributed by atoms with Crippen LogP contribution in [0.5, 0.6) is 0 Å². The molecule has 0 radical (unpaired) electrons. The van der Waals surface area contributed by atoms with E-state index in [9.17, 15) is 13.5 Å². The van der Waals surface area contributed by atoms with Crippen LogP contribution in [-0.4, -0.2) is 13.5 Å². The Hall–Kier alpha value is -1.65. The molecule has 0 amide bonds. The van der Waals surface area contributed by atoms with Crippen molar-refractivity contribution in [2.45, 2.75) is 16.8 Å². The fourth-order valence-electron chi connectivity index (χ4n) is 1.73. The minimum Gasteiger partial charge on any atom is -0.371 e. The van der Waals surface area contributed by atoms with Crippen LogP contribution in [0.3, 0.4) is 0 Å². The largest absolute Gasteiger partial charge is 0.371 e. The maximum absolute atomic E-state index is 12.4. The van der Waals surface area contributed by atoms with Gasteiger partial charge in [0.2, 0.25) is 9.84 Å². The highest BCUT2D eigenvalue weighted by Crippen LogP contribution is 2.32. The molecule has 0 saturated heterocycles. The number of hydrogen-bond donors (Lipinski definition) is 1. The zero-order valence-corrected chi connectivity index (χ0v) is 10.8. The normalized spacial score (nSPS) is 15.0. The molecule has 94 valence electrons. The topological polar surface area (TPSA) is 54.4 Å². The predicted molar refractivity (Wildman–Crippen MR) is 69.6 cm³/mol. The van der Waals surface area contributed by atoms with E-state index < -0.39 is 14.8 Å². The first-order valence-corrected chi connectivity index (χ1v) is 7.02. The van der Waals surface area contributed by atoms with Crippen LogP contribution in [-0.2, 0) is 14.8 Å². The molecule has 2 aromatic rings. The van der Waals surface area contributed by atoms with Crippen molar-refractivity contribution in [3.05, 3.63) is 66.2 Å². The first-order chi connectivity index (χ1) is 8.46. The lowest BCUT2D eigenvalue weighted by molar-refractivity contribution is 0.145. The van der Waals surface area contributed by atoms with Crippen LogP contribution in [0.25, 0.3) is 0 Å². The molecule has 2 rings (SSSR count). The number of aliphatic hydroxyl groups is 1. The van der Waals surface area contributed by atoms with E-state index in [4.69, 9.17) is 0 Å². The van der Waals surface area contributed by atoms with Gasteiger partial charge in [-0.15, -0.1) is 0 Å². The quantitative estimate of drug-likeness (QED) is 0.923. The molecule has 0 aliphatic carbocycles. The fraction of sp³-hybridized carbons (Fsp3) is 0.143. The van der Waals surface area contributed by atoms with Crippen LogP contribution in [0.1, 0.15) is 12.5 Å². The molecule has 3 nitrogen and oxygen atoms in total. The molecule has 0 aromatic heterocycles. The van der Waals surface area contributed by atoms with E-state index in [1.165, 1.54) is 19.1 Å². The first-order valence-electron chi connectivity index (χ1n) is 5.54. The maximum atomic E-state index is 12.4. The summed E-state index contributed by atoms with van der Waals surface area (Å²) < 4.78 is 24.8. The molecule has 2 aromatic carbocycles. The van der Waals surface area contributed by atoms with Crippen molar-refractivity contribution in [2.75, 3.05) is 0 Å². The second-order valence-corrected chi connectivity index (χ2v) is 6.44. The number of rotatable bonds is 3. The average molecular weight is 262 g/mol. The smallest absolute Gasteiger partial charge is 0.211 e. The molecule has 0 aliphatic rings. The summed E-state index contributed by atoms with van der Waals surface area (Å²) in [6.45, 7) is 1.30. The van der Waals surface area contributed by atoms with Crippen molar-refractivity contribution in [1.29, 1.82) is 0 Å². The van der Waals surface area contributed by atoms with E-state index in [-0.39, 0.29) is 4.90 Å². The summed E-state index contributed by atoms with van der Waals surface area (Å²) in [4.78, 5) is -1.82. The van der Waals surface area contributed by atoms with Gasteiger partial charge in [-0.2, -0.15) is 0 Å². The Bertz CT molecular complexity index is 617. The van der Waals surface area contributed by atoms with E-state index in [0.29, 0.717) is 5.56 Å². The summed E-state index contributed by atoms with van der Waals surface area (Å²) in [6.07, 6.45) is 0. The van der Waals surface area contributed by atoms with E-state index in [1.54, 1.807) is 48.5 Å². The summed E-state index contributed by atoms with van der Waals surface area (Å²) in [7, 11) is -3.84. The van der Waals surface area contributed by atoms with Crippen LogP contribution in [0, 0.1) is 0 Å². The van der Waals surface area contributed by atoms with Gasteiger partial charge in [-0.3, -0.25) is 0 Å². The Labute approximate surface area is 107 Å². The van der Waals surface area contributed by atoms with Crippen molar-refractivity contribution >= 4 is 9.84 Å². The Morgan fingerprint density at radius 3 is 1.83 bits per heavy atom. The van der Waals surface area contributed by atoms with Crippen LogP contribution < -0.4 is 0 Å². The molecule has 0 bridgehead atoms. The Kier molecular flexibility index (Phi) is 3.24. The summed E-state index contributed by atoms with van der Waals surface area (Å²) in [6, 6.07) is 16.3. The van der Waals surface area contributed by atoms with E-state index >= 15 is 0 Å². The van der Waals surface area contributed by atoms with Crippen LogP contribution in [0.2, 0.25) is 0 Å². The number of hydrogen-bond acceptors (Lipinski definition) is 3. The second kappa shape index (κ2) is 4.55. The molecule has 1 unspecified atom stereocenters. The third-order valence-corrected chi connectivity index (χ3v) is 5.06. The molecule has 0 heterocycles. The number of sulfone groups is 1. The van der Waals surface area contributed by atoms with Gasteiger partial charge in [0, 0.05) is 0 Å². The predicted octanol–water partition coefficient (Wildman–Crippen LogP) is 2.33. The molecule has 0 saturated carbocycles. The Morgan fingerprint density at radius 1 is 0.889 bits per heavy atom. The van der Waals surface area contributed by atoms with Gasteiger partial charge >= 0.3 is 0 Å². The monoisotopic (exact) mass is 262 g/mol. The molecule has 1 N–H and O–H groups in total. The summed E-state index contributed by atoms with van der Waals surface area (Å²) in [5, 5.41) is 10.4. The molecular formula is C14H14O3S. The van der Waals surface area contributed by atoms with Crippen molar-refractivity contribution < 1.29 is 13.5 Å². The van der Waals surface area contributed by atoms with Gasteiger partial charge < -0.3 is 5.11 Å².